The number of H-pyrrole nitrogens is 1. The van der Waals surface area contributed by atoms with Crippen LogP contribution in [0.15, 0.2) is 48.7 Å². The number of nitrogens with two attached hydrogens (primary N) is 1. The summed E-state index contributed by atoms with van der Waals surface area (Å²) < 4.78 is 12.5. The maximum absolute atomic E-state index is 11.5. The largest absolute Gasteiger partial charge is 0.482 e. The van der Waals surface area contributed by atoms with Crippen molar-refractivity contribution in [2.24, 2.45) is 5.73 Å². The van der Waals surface area contributed by atoms with Crippen LogP contribution in [0.2, 0.25) is 0 Å². The number of imidazole rings is 1. The molecule has 2 aromatic heterocycles. The van der Waals surface area contributed by atoms with E-state index in [0.717, 1.165) is 34.2 Å². The van der Waals surface area contributed by atoms with Crippen LogP contribution >= 0.6 is 0 Å². The van der Waals surface area contributed by atoms with Gasteiger partial charge in [0.15, 0.2) is 6.10 Å². The minimum absolute atomic E-state index is 0.00423. The van der Waals surface area contributed by atoms with E-state index in [1.807, 2.05) is 18.2 Å². The van der Waals surface area contributed by atoms with Gasteiger partial charge in [-0.2, -0.15) is 0 Å². The van der Waals surface area contributed by atoms with Crippen molar-refractivity contribution in [2.45, 2.75) is 31.8 Å². The molecule has 1 amide bonds. The van der Waals surface area contributed by atoms with Gasteiger partial charge in [-0.05, 0) is 48.9 Å². The smallest absolute Gasteiger partial charge is 0.248 e. The molecule has 5 rings (SSSR count). The Morgan fingerprint density at radius 2 is 2.11 bits per heavy atom. The lowest BCUT2D eigenvalue weighted by atomic mass is 9.97. The quantitative estimate of drug-likeness (QED) is 0.327. The number of carbonyl (C=O) groups is 2. The number of aromatic nitrogens is 3. The molecule has 2 unspecified atom stereocenters. The number of rotatable bonds is 8. The molecule has 35 heavy (non-hydrogen) atoms. The van der Waals surface area contributed by atoms with Crippen LogP contribution in [0.3, 0.4) is 0 Å². The fourth-order valence-corrected chi connectivity index (χ4v) is 4.42. The minimum atomic E-state index is -0.487. The molecule has 0 spiro atoms. The summed E-state index contributed by atoms with van der Waals surface area (Å²) in [5.74, 6) is 2.96. The Balaban J connectivity index is 1.41. The van der Waals surface area contributed by atoms with Gasteiger partial charge in [0.05, 0.1) is 11.0 Å². The van der Waals surface area contributed by atoms with Gasteiger partial charge in [0.1, 0.15) is 35.2 Å². The summed E-state index contributed by atoms with van der Waals surface area (Å²) in [7, 11) is 1.79. The number of benzene rings is 2. The van der Waals surface area contributed by atoms with Gasteiger partial charge in [0, 0.05) is 42.3 Å². The number of anilines is 1. The van der Waals surface area contributed by atoms with Gasteiger partial charge in [-0.3, -0.25) is 4.79 Å². The number of primary amides is 1. The molecule has 0 aliphatic carbocycles. The van der Waals surface area contributed by atoms with Crippen LogP contribution in [0.5, 0.6) is 17.2 Å². The molecule has 0 saturated carbocycles. The van der Waals surface area contributed by atoms with Crippen molar-refractivity contribution in [3.8, 4) is 17.2 Å². The van der Waals surface area contributed by atoms with Gasteiger partial charge in [-0.1, -0.05) is 6.92 Å². The van der Waals surface area contributed by atoms with E-state index in [0.29, 0.717) is 41.5 Å². The van der Waals surface area contributed by atoms with Crippen molar-refractivity contribution in [2.75, 3.05) is 12.4 Å². The summed E-state index contributed by atoms with van der Waals surface area (Å²) in [5.41, 5.74) is 9.14. The Morgan fingerprint density at radius 3 is 2.89 bits per heavy atom. The second kappa shape index (κ2) is 9.09. The number of hydrogen-bond donors (Lipinski definition) is 3. The summed E-state index contributed by atoms with van der Waals surface area (Å²) in [6, 6.07) is 12.6. The summed E-state index contributed by atoms with van der Waals surface area (Å²) in [5, 5.41) is 3.06. The molecular weight excluding hydrogens is 446 g/mol. The molecule has 2 aromatic carbocycles. The van der Waals surface area contributed by atoms with Crippen LogP contribution < -0.4 is 20.5 Å². The average Bonchev–Trinajstić information content (AvgIpc) is 3.43. The Morgan fingerprint density at radius 1 is 1.26 bits per heavy atom. The fourth-order valence-electron chi connectivity index (χ4n) is 4.42. The normalized spacial score (nSPS) is 16.5. The highest BCUT2D eigenvalue weighted by atomic mass is 16.5. The zero-order valence-electron chi connectivity index (χ0n) is 19.4. The maximum Gasteiger partial charge on any atom is 0.248 e. The van der Waals surface area contributed by atoms with Crippen molar-refractivity contribution < 1.29 is 19.1 Å². The minimum Gasteiger partial charge on any atom is -0.482 e. The molecule has 2 atom stereocenters. The zero-order valence-corrected chi connectivity index (χ0v) is 19.4. The highest BCUT2D eigenvalue weighted by Gasteiger charge is 2.35. The lowest BCUT2D eigenvalue weighted by Crippen LogP contribution is -2.10. The Hall–Kier alpha value is -4.40. The summed E-state index contributed by atoms with van der Waals surface area (Å²) in [6.07, 6.45) is 3.15. The van der Waals surface area contributed by atoms with Crippen molar-refractivity contribution in [3.05, 3.63) is 71.2 Å². The maximum atomic E-state index is 11.5. The molecule has 178 valence electrons. The third-order valence-electron chi connectivity index (χ3n) is 6.22. The van der Waals surface area contributed by atoms with Crippen LogP contribution in [0.25, 0.3) is 11.0 Å². The molecule has 4 aromatic rings. The highest BCUT2D eigenvalue weighted by molar-refractivity contribution is 5.96. The second-order valence-electron chi connectivity index (χ2n) is 8.44. The molecular formula is C26H25N5O4. The molecule has 9 heteroatoms. The van der Waals surface area contributed by atoms with E-state index < -0.39 is 5.91 Å². The topological polar surface area (TPSA) is 132 Å². The Kier molecular flexibility index (Phi) is 5.82. The van der Waals surface area contributed by atoms with Crippen LogP contribution in [0.4, 0.5) is 5.82 Å². The number of amides is 1. The van der Waals surface area contributed by atoms with Crippen molar-refractivity contribution in [1.82, 2.24) is 15.0 Å². The number of ether oxygens (including phenoxy) is 2. The van der Waals surface area contributed by atoms with Crippen LogP contribution in [-0.4, -0.2) is 34.2 Å². The predicted octanol–water partition coefficient (Wildman–Crippen LogP) is 4.26. The third kappa shape index (κ3) is 4.16. The average molecular weight is 472 g/mol. The predicted molar refractivity (Wildman–Crippen MR) is 131 cm³/mol. The van der Waals surface area contributed by atoms with E-state index in [-0.39, 0.29) is 12.0 Å². The Bertz CT molecular complexity index is 1430. The number of aromatic amines is 1. The van der Waals surface area contributed by atoms with Gasteiger partial charge in [-0.15, -0.1) is 0 Å². The van der Waals surface area contributed by atoms with E-state index in [2.05, 4.69) is 27.2 Å². The summed E-state index contributed by atoms with van der Waals surface area (Å²) in [6.45, 7) is 2.07. The molecule has 4 N–H and O–H groups in total. The number of fused-ring (bicyclic) bond motifs is 2. The van der Waals surface area contributed by atoms with Gasteiger partial charge < -0.3 is 30.3 Å². The Labute approximate surface area is 201 Å². The standard InChI is InChI=1S/C26H25N5O4/c1-14-18-13-16(34-22-9-10-29-25(28-2)17(22)4-3-11-32)6-8-21(18)35-23(14)26-30-19-7-5-15(24(27)33)12-20(19)31-26/h5-14,23H,3-4H2,1-2H3,(H2,27,33)(H,28,29)(H,30,31). The fraction of sp³-hybridized carbons (Fsp3) is 0.231. The van der Waals surface area contributed by atoms with Crippen molar-refractivity contribution in [3.63, 3.8) is 0 Å². The van der Waals surface area contributed by atoms with Crippen molar-refractivity contribution >= 4 is 29.0 Å². The number of carbonyl (C=O) groups excluding carboxylic acids is 2. The number of nitrogens with one attached hydrogen (secondary N) is 2. The molecule has 0 saturated heterocycles. The van der Waals surface area contributed by atoms with E-state index >= 15 is 0 Å². The molecule has 1 aliphatic rings. The van der Waals surface area contributed by atoms with Crippen LogP contribution in [-0.2, 0) is 11.2 Å². The zero-order chi connectivity index (χ0) is 24.5. The number of pyridine rings is 1. The highest BCUT2D eigenvalue weighted by Crippen LogP contribution is 2.47. The van der Waals surface area contributed by atoms with Crippen LogP contribution in [0, 0.1) is 0 Å². The molecule has 3 heterocycles. The number of nitrogens with zero attached hydrogens (tertiary/aromatic N) is 2. The van der Waals surface area contributed by atoms with E-state index in [1.165, 1.54) is 0 Å². The molecule has 0 bridgehead atoms. The van der Waals surface area contributed by atoms with E-state index in [1.54, 1.807) is 37.5 Å². The van der Waals surface area contributed by atoms with E-state index in [4.69, 9.17) is 15.2 Å². The lowest BCUT2D eigenvalue weighted by molar-refractivity contribution is -0.107. The van der Waals surface area contributed by atoms with E-state index in [9.17, 15) is 9.59 Å². The molecule has 1 aliphatic heterocycles. The first kappa shape index (κ1) is 22.4. The van der Waals surface area contributed by atoms with Gasteiger partial charge in [0.2, 0.25) is 5.91 Å². The summed E-state index contributed by atoms with van der Waals surface area (Å²) >= 11 is 0. The van der Waals surface area contributed by atoms with Gasteiger partial charge in [0.25, 0.3) is 0 Å². The molecule has 9 nitrogen and oxygen atoms in total. The van der Waals surface area contributed by atoms with Gasteiger partial charge in [-0.25, -0.2) is 9.97 Å². The third-order valence-corrected chi connectivity index (χ3v) is 6.22. The number of aldehydes is 1. The monoisotopic (exact) mass is 471 g/mol. The number of hydrogen-bond acceptors (Lipinski definition) is 7. The first-order valence-electron chi connectivity index (χ1n) is 11.4. The first-order chi connectivity index (χ1) is 17.0. The first-order valence-corrected chi connectivity index (χ1v) is 11.4. The van der Waals surface area contributed by atoms with Gasteiger partial charge >= 0.3 is 0 Å². The summed E-state index contributed by atoms with van der Waals surface area (Å²) in [4.78, 5) is 34.7. The molecule has 0 fully saturated rings. The SMILES string of the molecule is CNc1nccc(Oc2ccc3c(c2)C(C)C(c2nc4ccc(C(N)=O)cc4[nH]2)O3)c1CCC=O. The lowest BCUT2D eigenvalue weighted by Gasteiger charge is -2.14. The van der Waals surface area contributed by atoms with Crippen LogP contribution in [0.1, 0.15) is 52.7 Å². The van der Waals surface area contributed by atoms with Crippen molar-refractivity contribution in [1.29, 1.82) is 0 Å². The molecule has 0 radical (unpaired) electrons. The second-order valence-corrected chi connectivity index (χ2v) is 8.44.